The fourth-order valence-electron chi connectivity index (χ4n) is 4.24. The molecule has 1 fully saturated rings. The van der Waals surface area contributed by atoms with Crippen molar-refractivity contribution in [3.05, 3.63) is 66.1 Å². The van der Waals surface area contributed by atoms with Crippen LogP contribution in [0.4, 0.5) is 0 Å². The van der Waals surface area contributed by atoms with Crippen LogP contribution in [-0.4, -0.2) is 65.6 Å². The minimum atomic E-state index is -3.55. The molecule has 1 saturated heterocycles. The van der Waals surface area contributed by atoms with Gasteiger partial charge in [0.25, 0.3) is 5.91 Å². The summed E-state index contributed by atoms with van der Waals surface area (Å²) in [5, 5.41) is 2.88. The Morgan fingerprint density at radius 2 is 1.97 bits per heavy atom. The zero-order valence-electron chi connectivity index (χ0n) is 19.3. The fraction of sp³-hybridized carbons (Fsp3) is 0.417. The van der Waals surface area contributed by atoms with Crippen LogP contribution in [0.15, 0.2) is 59.9 Å². The van der Waals surface area contributed by atoms with E-state index < -0.39 is 10.0 Å². The van der Waals surface area contributed by atoms with Gasteiger partial charge >= 0.3 is 0 Å². The summed E-state index contributed by atoms with van der Waals surface area (Å²) >= 11 is 0. The molecular weight excluding hydrogens is 438 g/mol. The van der Waals surface area contributed by atoms with E-state index in [4.69, 9.17) is 0 Å². The van der Waals surface area contributed by atoms with Gasteiger partial charge in [-0.1, -0.05) is 12.1 Å². The van der Waals surface area contributed by atoms with Crippen LogP contribution in [0, 0.1) is 5.92 Å². The van der Waals surface area contributed by atoms with Gasteiger partial charge < -0.3 is 14.6 Å². The zero-order valence-corrected chi connectivity index (χ0v) is 20.1. The maximum atomic E-state index is 13.0. The first-order valence-corrected chi connectivity index (χ1v) is 12.7. The Labute approximate surface area is 195 Å². The maximum absolute atomic E-state index is 13.0. The van der Waals surface area contributed by atoms with Crippen LogP contribution in [0.25, 0.3) is 5.65 Å². The summed E-state index contributed by atoms with van der Waals surface area (Å²) < 4.78 is 29.3. The lowest BCUT2D eigenvalue weighted by Gasteiger charge is -2.23. The first-order chi connectivity index (χ1) is 15.7. The molecule has 2 aromatic heterocycles. The third-order valence-corrected chi connectivity index (χ3v) is 8.14. The Morgan fingerprint density at radius 1 is 1.21 bits per heavy atom. The van der Waals surface area contributed by atoms with Crippen molar-refractivity contribution in [3.63, 3.8) is 0 Å². The first kappa shape index (κ1) is 23.4. The van der Waals surface area contributed by atoms with Crippen molar-refractivity contribution in [2.24, 2.45) is 5.92 Å². The van der Waals surface area contributed by atoms with Gasteiger partial charge in [0.2, 0.25) is 10.0 Å². The molecule has 1 amide bonds. The molecule has 1 N–H and O–H groups in total. The molecule has 3 aromatic rings. The van der Waals surface area contributed by atoms with Crippen molar-refractivity contribution in [1.29, 1.82) is 0 Å². The number of aromatic nitrogens is 2. The number of carbonyl (C=O) groups is 1. The molecule has 1 aliphatic heterocycles. The van der Waals surface area contributed by atoms with Crippen LogP contribution >= 0.6 is 0 Å². The van der Waals surface area contributed by atoms with Crippen molar-refractivity contribution in [2.75, 3.05) is 26.7 Å². The van der Waals surface area contributed by atoms with Crippen LogP contribution in [0.3, 0.4) is 0 Å². The van der Waals surface area contributed by atoms with E-state index in [-0.39, 0.29) is 10.8 Å². The normalized spacial score (nSPS) is 17.3. The number of fused-ring (bicyclic) bond motifs is 1. The van der Waals surface area contributed by atoms with E-state index in [1.165, 1.54) is 4.31 Å². The molecular formula is C24H31N5O3S. The smallest absolute Gasteiger partial charge is 0.253 e. The number of pyridine rings is 1. The number of imidazole rings is 1. The number of rotatable bonds is 8. The molecule has 176 valence electrons. The van der Waals surface area contributed by atoms with Gasteiger partial charge in [0.1, 0.15) is 5.65 Å². The molecule has 9 heteroatoms. The number of nitrogens with zero attached hydrogens (tertiary/aromatic N) is 4. The van der Waals surface area contributed by atoms with Gasteiger partial charge in [-0.2, -0.15) is 0 Å². The highest BCUT2D eigenvalue weighted by Crippen LogP contribution is 2.22. The summed E-state index contributed by atoms with van der Waals surface area (Å²) in [6.45, 7) is 7.13. The van der Waals surface area contributed by atoms with Gasteiger partial charge in [-0.3, -0.25) is 4.79 Å². The van der Waals surface area contributed by atoms with E-state index in [1.807, 2.05) is 0 Å². The summed E-state index contributed by atoms with van der Waals surface area (Å²) in [7, 11) is -1.90. The number of nitrogens with one attached hydrogen (secondary N) is 1. The minimum absolute atomic E-state index is 0.200. The highest BCUT2D eigenvalue weighted by atomic mass is 32.2. The third kappa shape index (κ3) is 5.26. The lowest BCUT2D eigenvalue weighted by atomic mass is 10.1. The van der Waals surface area contributed by atoms with E-state index in [1.54, 1.807) is 66.4 Å². The van der Waals surface area contributed by atoms with Crippen LogP contribution in [0.1, 0.15) is 36.2 Å². The number of hydrogen-bond acceptors (Lipinski definition) is 5. The first-order valence-electron chi connectivity index (χ1n) is 11.2. The molecule has 1 aliphatic rings. The van der Waals surface area contributed by atoms with Crippen LogP contribution in [0.2, 0.25) is 0 Å². The summed E-state index contributed by atoms with van der Waals surface area (Å²) in [4.78, 5) is 19.3. The lowest BCUT2D eigenvalue weighted by molar-refractivity contribution is 0.0950. The van der Waals surface area contributed by atoms with Gasteiger partial charge in [-0.25, -0.2) is 17.7 Å². The third-order valence-electron chi connectivity index (χ3n) is 6.30. The van der Waals surface area contributed by atoms with Gasteiger partial charge in [0.05, 0.1) is 10.5 Å². The average molecular weight is 470 g/mol. The molecule has 33 heavy (non-hydrogen) atoms. The molecule has 0 saturated carbocycles. The highest BCUT2D eigenvalue weighted by Gasteiger charge is 2.29. The van der Waals surface area contributed by atoms with E-state index in [2.05, 4.69) is 29.0 Å². The molecule has 0 bridgehead atoms. The second-order valence-electron chi connectivity index (χ2n) is 8.97. The van der Waals surface area contributed by atoms with E-state index in [9.17, 15) is 13.2 Å². The number of benzene rings is 1. The number of hydrogen-bond donors (Lipinski definition) is 1. The number of likely N-dealkylation sites (tertiary alicyclic amines) is 1. The summed E-state index contributed by atoms with van der Waals surface area (Å²) in [5.74, 6) is 0.150. The number of sulfonamides is 1. The van der Waals surface area contributed by atoms with Crippen molar-refractivity contribution < 1.29 is 13.2 Å². The summed E-state index contributed by atoms with van der Waals surface area (Å²) in [5.41, 5.74) is 2.14. The number of amides is 1. The Bertz CT molecular complexity index is 1220. The highest BCUT2D eigenvalue weighted by molar-refractivity contribution is 7.89. The molecule has 0 spiro atoms. The lowest BCUT2D eigenvalue weighted by Crippen LogP contribution is -2.34. The Morgan fingerprint density at radius 3 is 2.67 bits per heavy atom. The molecule has 1 atom stereocenters. The van der Waals surface area contributed by atoms with Crippen molar-refractivity contribution in [3.8, 4) is 0 Å². The van der Waals surface area contributed by atoms with Crippen molar-refractivity contribution in [1.82, 2.24) is 23.9 Å². The molecule has 1 aromatic carbocycles. The zero-order chi connectivity index (χ0) is 23.6. The van der Waals surface area contributed by atoms with Gasteiger partial charge in [0.15, 0.2) is 0 Å². The molecule has 3 heterocycles. The quantitative estimate of drug-likeness (QED) is 0.548. The predicted octanol–water partition coefficient (Wildman–Crippen LogP) is 2.62. The van der Waals surface area contributed by atoms with Crippen LogP contribution in [-0.2, 0) is 16.6 Å². The molecule has 8 nitrogen and oxygen atoms in total. The minimum Gasteiger partial charge on any atom is -0.348 e. The maximum Gasteiger partial charge on any atom is 0.253 e. The molecule has 0 aliphatic carbocycles. The predicted molar refractivity (Wildman–Crippen MR) is 127 cm³/mol. The second-order valence-corrected chi connectivity index (χ2v) is 11.0. The van der Waals surface area contributed by atoms with Crippen molar-refractivity contribution in [2.45, 2.75) is 37.8 Å². The molecule has 4 rings (SSSR count). The van der Waals surface area contributed by atoms with Crippen molar-refractivity contribution >= 4 is 21.6 Å². The van der Waals surface area contributed by atoms with E-state index in [0.717, 1.165) is 30.7 Å². The van der Waals surface area contributed by atoms with Gasteiger partial charge in [-0.05, 0) is 62.6 Å². The van der Waals surface area contributed by atoms with Crippen LogP contribution in [0.5, 0.6) is 0 Å². The fourth-order valence-corrected chi connectivity index (χ4v) is 5.49. The average Bonchev–Trinajstić information content (AvgIpc) is 3.46. The van der Waals surface area contributed by atoms with Crippen LogP contribution < -0.4 is 5.32 Å². The summed E-state index contributed by atoms with van der Waals surface area (Å²) in [6, 6.07) is 10.7. The van der Waals surface area contributed by atoms with Gasteiger partial charge in [0, 0.05) is 51.3 Å². The Balaban J connectivity index is 1.34. The second kappa shape index (κ2) is 9.62. The summed E-state index contributed by atoms with van der Waals surface area (Å²) in [6.07, 6.45) is 6.21. The largest absolute Gasteiger partial charge is 0.348 e. The van der Waals surface area contributed by atoms with Gasteiger partial charge in [-0.15, -0.1) is 0 Å². The Kier molecular flexibility index (Phi) is 6.83. The molecule has 0 radical (unpaired) electrons. The SMILES string of the molecule is CC(C)N1CCC(CN(C)S(=O)(=O)c2ccc(CNC(=O)c3ccc4nccn4c3)cc2)C1. The van der Waals surface area contributed by atoms with E-state index in [0.29, 0.717) is 30.6 Å². The Hall–Kier alpha value is -2.75. The molecule has 1 unspecified atom stereocenters. The van der Waals surface area contributed by atoms with E-state index >= 15 is 0 Å². The number of carbonyl (C=O) groups excluding carboxylic acids is 1. The topological polar surface area (TPSA) is 87.0 Å². The standard InChI is InChI=1S/C24H31N5O3S/c1-18(2)28-12-10-20(16-28)15-27(3)33(31,32)22-7-4-19(5-8-22)14-26-24(30)21-6-9-23-25-11-13-29(23)17-21/h4-9,11,13,17-18,20H,10,12,14-16H2,1-3H3,(H,26,30). The monoisotopic (exact) mass is 469 g/mol.